The number of benzene rings is 2. The lowest BCUT2D eigenvalue weighted by molar-refractivity contribution is -0.137. The molecule has 0 spiro atoms. The fraction of sp³-hybridized carbons (Fsp3) is 0.417. The lowest BCUT2D eigenvalue weighted by Gasteiger charge is -2.41. The van der Waals surface area contributed by atoms with Crippen LogP contribution in [0.4, 0.5) is 41.6 Å². The van der Waals surface area contributed by atoms with Crippen LogP contribution in [0.3, 0.4) is 0 Å². The normalized spacial score (nSPS) is 25.5. The van der Waals surface area contributed by atoms with Gasteiger partial charge in [-0.15, -0.1) is 11.3 Å². The average Bonchev–Trinajstić information content (AvgIpc) is 3.84. The molecule has 0 radical (unpaired) electrons. The molecule has 2 aromatic heterocycles. The highest BCUT2D eigenvalue weighted by molar-refractivity contribution is 7.23. The van der Waals surface area contributed by atoms with E-state index in [1.54, 1.807) is 0 Å². The van der Waals surface area contributed by atoms with Crippen molar-refractivity contribution in [3.63, 3.8) is 0 Å². The SMILES string of the molecule is C=C1C[C@@H]2C3CC[C@H](CN2c2nc(OC[C@@]45CCCN4CC(=C(F)F)C5)nc4c(F)c(-c5ccc(F)c6sc(N)c(C#N)c56)c(C(F)(F)F)c1c24)N3. The number of nitrogens with one attached hydrogen (secondary N) is 1. The fourth-order valence-electron chi connectivity index (χ4n) is 9.37. The van der Waals surface area contributed by atoms with Crippen molar-refractivity contribution >= 4 is 48.7 Å². The minimum Gasteiger partial charge on any atom is -0.461 e. The molecule has 2 bridgehead atoms. The molecule has 1 unspecified atom stereocenters. The van der Waals surface area contributed by atoms with E-state index in [0.717, 1.165) is 31.4 Å². The average molecular weight is 742 g/mol. The minimum absolute atomic E-state index is 0.0165. The number of ether oxygens (including phenoxy) is 1. The van der Waals surface area contributed by atoms with E-state index < -0.39 is 46.1 Å². The lowest BCUT2D eigenvalue weighted by Crippen LogP contribution is -2.58. The number of thiophene rings is 1. The highest BCUT2D eigenvalue weighted by Gasteiger charge is 2.50. The topological polar surface area (TPSA) is 103 Å². The van der Waals surface area contributed by atoms with Crippen molar-refractivity contribution in [3.05, 3.63) is 58.7 Å². The van der Waals surface area contributed by atoms with E-state index >= 15 is 22.0 Å². The number of alkyl halides is 3. The van der Waals surface area contributed by atoms with Gasteiger partial charge in [-0.05, 0) is 62.3 Å². The maximum absolute atomic E-state index is 17.5. The molecule has 0 amide bonds. The highest BCUT2D eigenvalue weighted by atomic mass is 32.1. The highest BCUT2D eigenvalue weighted by Crippen LogP contribution is 2.54. The molecule has 2 aromatic carbocycles. The van der Waals surface area contributed by atoms with Gasteiger partial charge in [-0.25, -0.2) is 8.78 Å². The van der Waals surface area contributed by atoms with Crippen molar-refractivity contribution < 1.29 is 35.5 Å². The first kappa shape index (κ1) is 33.4. The molecule has 8 nitrogen and oxygen atoms in total. The smallest absolute Gasteiger partial charge is 0.417 e. The van der Waals surface area contributed by atoms with E-state index in [1.807, 2.05) is 15.9 Å². The predicted octanol–water partition coefficient (Wildman–Crippen LogP) is 7.76. The van der Waals surface area contributed by atoms with Crippen LogP contribution in [0.15, 0.2) is 30.4 Å². The monoisotopic (exact) mass is 741 g/mol. The van der Waals surface area contributed by atoms with Crippen molar-refractivity contribution in [1.82, 2.24) is 20.2 Å². The fourth-order valence-corrected chi connectivity index (χ4v) is 10.3. The Bertz CT molecular complexity index is 2310. The molecule has 4 aromatic rings. The van der Waals surface area contributed by atoms with Gasteiger partial charge >= 0.3 is 12.2 Å². The Hall–Kier alpha value is -4.46. The lowest BCUT2D eigenvalue weighted by atomic mass is 9.85. The maximum Gasteiger partial charge on any atom is 0.417 e. The van der Waals surface area contributed by atoms with E-state index in [4.69, 9.17) is 15.5 Å². The Kier molecular flexibility index (Phi) is 7.39. The van der Waals surface area contributed by atoms with Gasteiger partial charge in [0, 0.05) is 53.3 Å². The molecule has 5 aliphatic rings. The third-order valence-electron chi connectivity index (χ3n) is 11.6. The van der Waals surface area contributed by atoms with E-state index in [1.165, 1.54) is 0 Å². The summed E-state index contributed by atoms with van der Waals surface area (Å²) < 4.78 is 113. The summed E-state index contributed by atoms with van der Waals surface area (Å²) in [6, 6.07) is 3.02. The van der Waals surface area contributed by atoms with E-state index in [2.05, 4.69) is 16.9 Å². The second-order valence-electron chi connectivity index (χ2n) is 14.4. The number of aromatic nitrogens is 2. The molecule has 9 rings (SSSR count). The Labute approximate surface area is 296 Å². The first-order chi connectivity index (χ1) is 24.8. The Morgan fingerprint density at radius 2 is 1.98 bits per heavy atom. The van der Waals surface area contributed by atoms with Crippen LogP contribution < -0.4 is 20.7 Å². The van der Waals surface area contributed by atoms with Crippen LogP contribution >= 0.6 is 11.3 Å². The van der Waals surface area contributed by atoms with Crippen molar-refractivity contribution in [2.75, 3.05) is 36.9 Å². The number of nitrogens with zero attached hydrogens (tertiary/aromatic N) is 5. The van der Waals surface area contributed by atoms with Crippen molar-refractivity contribution in [1.29, 1.82) is 5.26 Å². The third kappa shape index (κ3) is 4.78. The Morgan fingerprint density at radius 3 is 2.73 bits per heavy atom. The van der Waals surface area contributed by atoms with Gasteiger partial charge in [-0.2, -0.15) is 37.2 Å². The largest absolute Gasteiger partial charge is 0.461 e. The first-order valence-corrected chi connectivity index (χ1v) is 17.8. The van der Waals surface area contributed by atoms with Gasteiger partial charge in [0.25, 0.3) is 6.08 Å². The summed E-state index contributed by atoms with van der Waals surface area (Å²) in [7, 11) is 0. The summed E-state index contributed by atoms with van der Waals surface area (Å²) in [5.41, 5.74) is 1.63. The van der Waals surface area contributed by atoms with E-state index in [-0.39, 0.29) is 104 Å². The molecule has 52 heavy (non-hydrogen) atoms. The van der Waals surface area contributed by atoms with E-state index in [0.29, 0.717) is 30.8 Å². The van der Waals surface area contributed by atoms with Crippen LogP contribution in [-0.4, -0.2) is 64.8 Å². The van der Waals surface area contributed by atoms with Gasteiger partial charge in [-0.3, -0.25) is 4.90 Å². The number of nitriles is 1. The number of piperazine rings is 1. The molecular weight excluding hydrogens is 711 g/mol. The van der Waals surface area contributed by atoms with Crippen LogP contribution in [0.5, 0.6) is 6.01 Å². The summed E-state index contributed by atoms with van der Waals surface area (Å²) in [4.78, 5) is 12.9. The quantitative estimate of drug-likeness (QED) is 0.205. The number of hydrogen-bond donors (Lipinski definition) is 2. The number of anilines is 2. The summed E-state index contributed by atoms with van der Waals surface area (Å²) in [5, 5.41) is 13.0. The number of nitrogens with two attached hydrogens (primary N) is 1. The zero-order valence-electron chi connectivity index (χ0n) is 27.4. The molecule has 0 saturated carbocycles. The van der Waals surface area contributed by atoms with Gasteiger partial charge < -0.3 is 20.7 Å². The van der Waals surface area contributed by atoms with Gasteiger partial charge in [0.15, 0.2) is 5.82 Å². The molecule has 270 valence electrons. The second-order valence-corrected chi connectivity index (χ2v) is 15.4. The summed E-state index contributed by atoms with van der Waals surface area (Å²) >= 11 is 0.685. The summed E-state index contributed by atoms with van der Waals surface area (Å²) in [6.45, 7) is 5.08. The number of fused-ring (bicyclic) bond motifs is 7. The molecular formula is C36H30F7N7OS. The molecule has 4 fully saturated rings. The van der Waals surface area contributed by atoms with Gasteiger partial charge in [0.1, 0.15) is 34.8 Å². The summed E-state index contributed by atoms with van der Waals surface area (Å²) in [5.74, 6) is -2.12. The number of rotatable bonds is 4. The molecule has 5 aliphatic heterocycles. The zero-order chi connectivity index (χ0) is 36.4. The molecule has 7 heterocycles. The minimum atomic E-state index is -5.16. The summed E-state index contributed by atoms with van der Waals surface area (Å²) in [6.07, 6.45) is -3.80. The molecule has 4 atom stereocenters. The van der Waals surface area contributed by atoms with Crippen molar-refractivity contribution in [2.24, 2.45) is 0 Å². The molecule has 3 N–H and O–H groups in total. The van der Waals surface area contributed by atoms with Gasteiger partial charge in [0.05, 0.1) is 26.8 Å². The maximum atomic E-state index is 17.5. The van der Waals surface area contributed by atoms with Gasteiger partial charge in [-0.1, -0.05) is 12.6 Å². The zero-order valence-corrected chi connectivity index (χ0v) is 28.3. The number of halogens is 7. The number of nitrogen functional groups attached to an aromatic ring is 1. The van der Waals surface area contributed by atoms with Crippen LogP contribution in [0, 0.1) is 23.0 Å². The molecule has 0 aliphatic carbocycles. The first-order valence-electron chi connectivity index (χ1n) is 17.0. The molecule has 16 heteroatoms. The van der Waals surface area contributed by atoms with Crippen LogP contribution in [0.25, 0.3) is 37.7 Å². The third-order valence-corrected chi connectivity index (χ3v) is 12.6. The predicted molar refractivity (Wildman–Crippen MR) is 182 cm³/mol. The van der Waals surface area contributed by atoms with Crippen LogP contribution in [-0.2, 0) is 6.18 Å². The second kappa shape index (κ2) is 11.5. The van der Waals surface area contributed by atoms with Crippen molar-refractivity contribution in [2.45, 2.75) is 68.4 Å². The van der Waals surface area contributed by atoms with Crippen LogP contribution in [0.2, 0.25) is 0 Å². The van der Waals surface area contributed by atoms with E-state index in [9.17, 15) is 14.0 Å². The Balaban J connectivity index is 1.32. The van der Waals surface area contributed by atoms with Gasteiger partial charge in [0.2, 0.25) is 0 Å². The van der Waals surface area contributed by atoms with Crippen LogP contribution in [0.1, 0.15) is 55.2 Å². The number of hydrogen-bond acceptors (Lipinski definition) is 9. The Morgan fingerprint density at radius 1 is 1.17 bits per heavy atom. The molecule has 4 saturated heterocycles. The standard InChI is InChI=1S/C36H30F7N7OS/c1-15-9-22-21-6-3-17(46-21)13-50(22)33-26-23(15)27(36(41,42)43)25(18-4-5-20(37)30-24(18)19(11-44)32(45)52-30)28(38)29(26)47-34(48-33)51-14-35-7-2-8-49(35)12-16(10-35)31(39)40/h4-5,17,21-22,46H,1-3,6-10,12-14,45H2/t17-,21?,22-,35+/m1/s1. The van der Waals surface area contributed by atoms with Crippen molar-refractivity contribution in [3.8, 4) is 23.2 Å².